The topological polar surface area (TPSA) is 118 Å². The number of aliphatic carboxylic acids is 2. The fourth-order valence-corrected chi connectivity index (χ4v) is 4.68. The van der Waals surface area contributed by atoms with Crippen molar-refractivity contribution in [2.45, 2.75) is 38.6 Å². The van der Waals surface area contributed by atoms with Gasteiger partial charge in [-0.05, 0) is 62.7 Å². The average molecular weight is 472 g/mol. The molecule has 1 aromatic rings. The van der Waals surface area contributed by atoms with Crippen molar-refractivity contribution in [1.29, 1.82) is 0 Å². The van der Waals surface area contributed by atoms with Gasteiger partial charge in [0.1, 0.15) is 0 Å². The Balaban J connectivity index is 0.000000350. The molecule has 9 heteroatoms. The number of fused-ring (bicyclic) bond motifs is 1. The molecule has 3 heterocycles. The summed E-state index contributed by atoms with van der Waals surface area (Å²) in [7, 11) is 0. The van der Waals surface area contributed by atoms with Crippen molar-refractivity contribution in [3.05, 3.63) is 47.5 Å². The highest BCUT2D eigenvalue weighted by Gasteiger charge is 2.30. The van der Waals surface area contributed by atoms with E-state index in [2.05, 4.69) is 11.0 Å². The zero-order valence-corrected chi connectivity index (χ0v) is 19.4. The lowest BCUT2D eigenvalue weighted by atomic mass is 9.96. The standard InChI is InChI=1S/C21H29N3O2.C4H4O4/c25-20(23-10-4-1-5-11-23)16-22-12-8-17(9-13-22)14-24-15-18-6-2-3-7-19(18)21(24)26;5-3(6)1-2-4(7)8/h2-3,6-7,17H,1,4-5,8-16H2;1-2H,(H,5,6)(H,7,8)/b;2-1+. The smallest absolute Gasteiger partial charge is 0.328 e. The third-order valence-corrected chi connectivity index (χ3v) is 6.52. The molecular weight excluding hydrogens is 438 g/mol. The number of amides is 2. The van der Waals surface area contributed by atoms with E-state index in [-0.39, 0.29) is 5.91 Å². The van der Waals surface area contributed by atoms with Gasteiger partial charge in [0.25, 0.3) is 5.91 Å². The van der Waals surface area contributed by atoms with Crippen molar-refractivity contribution < 1.29 is 29.4 Å². The first-order valence-electron chi connectivity index (χ1n) is 11.8. The molecule has 2 amide bonds. The van der Waals surface area contributed by atoms with E-state index in [1.807, 2.05) is 28.0 Å². The maximum atomic E-state index is 12.5. The molecule has 0 aliphatic carbocycles. The molecule has 3 aliphatic heterocycles. The van der Waals surface area contributed by atoms with Gasteiger partial charge in [0, 0.05) is 43.9 Å². The van der Waals surface area contributed by atoms with Crippen LogP contribution in [0.3, 0.4) is 0 Å². The third-order valence-electron chi connectivity index (χ3n) is 6.52. The molecule has 0 radical (unpaired) electrons. The number of benzene rings is 1. The van der Waals surface area contributed by atoms with Crippen molar-refractivity contribution in [1.82, 2.24) is 14.7 Å². The van der Waals surface area contributed by atoms with Crippen LogP contribution in [0.1, 0.15) is 48.0 Å². The molecule has 2 saturated heterocycles. The van der Waals surface area contributed by atoms with Crippen LogP contribution in [0, 0.1) is 5.92 Å². The Morgan fingerprint density at radius 1 is 0.912 bits per heavy atom. The predicted octanol–water partition coefficient (Wildman–Crippen LogP) is 2.08. The second-order valence-corrected chi connectivity index (χ2v) is 9.01. The van der Waals surface area contributed by atoms with Gasteiger partial charge in [-0.1, -0.05) is 18.2 Å². The molecule has 0 aromatic heterocycles. The summed E-state index contributed by atoms with van der Waals surface area (Å²) in [5, 5.41) is 15.6. The molecule has 184 valence electrons. The molecule has 2 N–H and O–H groups in total. The summed E-state index contributed by atoms with van der Waals surface area (Å²) in [6.45, 7) is 5.99. The lowest BCUT2D eigenvalue weighted by Crippen LogP contribution is -2.46. The van der Waals surface area contributed by atoms with E-state index in [1.54, 1.807) is 0 Å². The summed E-state index contributed by atoms with van der Waals surface area (Å²) in [4.78, 5) is 50.4. The predicted molar refractivity (Wildman–Crippen MR) is 125 cm³/mol. The number of carboxylic acids is 2. The molecular formula is C25H33N3O6. The Labute approximate surface area is 199 Å². The normalized spacial score (nSPS) is 19.0. The van der Waals surface area contributed by atoms with E-state index in [0.717, 1.165) is 76.1 Å². The molecule has 0 bridgehead atoms. The number of rotatable bonds is 6. The Morgan fingerprint density at radius 2 is 1.53 bits per heavy atom. The molecule has 3 aliphatic rings. The van der Waals surface area contributed by atoms with Crippen LogP contribution in [0.4, 0.5) is 0 Å². The Hall–Kier alpha value is -3.20. The molecule has 0 atom stereocenters. The van der Waals surface area contributed by atoms with Gasteiger partial charge in [0.2, 0.25) is 5.91 Å². The zero-order valence-electron chi connectivity index (χ0n) is 19.4. The number of hydrogen-bond donors (Lipinski definition) is 2. The highest BCUT2D eigenvalue weighted by Crippen LogP contribution is 2.26. The summed E-state index contributed by atoms with van der Waals surface area (Å²) >= 11 is 0. The van der Waals surface area contributed by atoms with Crippen LogP contribution >= 0.6 is 0 Å². The fourth-order valence-electron chi connectivity index (χ4n) is 4.68. The Kier molecular flexibility index (Phi) is 9.21. The van der Waals surface area contributed by atoms with Crippen LogP contribution in [-0.4, -0.2) is 87.9 Å². The second kappa shape index (κ2) is 12.3. The molecule has 1 aromatic carbocycles. The van der Waals surface area contributed by atoms with Crippen LogP contribution in [0.25, 0.3) is 0 Å². The summed E-state index contributed by atoms with van der Waals surface area (Å²) in [5.74, 6) is -1.48. The highest BCUT2D eigenvalue weighted by molar-refractivity contribution is 5.98. The van der Waals surface area contributed by atoms with Crippen molar-refractivity contribution in [3.63, 3.8) is 0 Å². The van der Waals surface area contributed by atoms with Gasteiger partial charge in [0.15, 0.2) is 0 Å². The number of nitrogens with zero attached hydrogens (tertiary/aromatic N) is 3. The summed E-state index contributed by atoms with van der Waals surface area (Å²) in [5.41, 5.74) is 2.03. The molecule has 4 rings (SSSR count). The van der Waals surface area contributed by atoms with Gasteiger partial charge in [-0.3, -0.25) is 14.5 Å². The van der Waals surface area contributed by atoms with Crippen LogP contribution in [0.15, 0.2) is 36.4 Å². The van der Waals surface area contributed by atoms with Gasteiger partial charge >= 0.3 is 11.9 Å². The first-order valence-corrected chi connectivity index (χ1v) is 11.8. The Morgan fingerprint density at radius 3 is 2.12 bits per heavy atom. The van der Waals surface area contributed by atoms with Gasteiger partial charge in [-0.2, -0.15) is 0 Å². The van der Waals surface area contributed by atoms with Gasteiger partial charge in [-0.25, -0.2) is 9.59 Å². The molecule has 0 saturated carbocycles. The monoisotopic (exact) mass is 471 g/mol. The maximum absolute atomic E-state index is 12.5. The molecule has 9 nitrogen and oxygen atoms in total. The number of carbonyl (C=O) groups is 4. The molecule has 2 fully saturated rings. The van der Waals surface area contributed by atoms with Crippen LogP contribution in [0.5, 0.6) is 0 Å². The molecule has 0 unspecified atom stereocenters. The number of carboxylic acid groups (broad SMARTS) is 2. The minimum Gasteiger partial charge on any atom is -0.478 e. The van der Waals surface area contributed by atoms with Crippen molar-refractivity contribution in [2.24, 2.45) is 5.92 Å². The summed E-state index contributed by atoms with van der Waals surface area (Å²) < 4.78 is 0. The minimum absolute atomic E-state index is 0.184. The van der Waals surface area contributed by atoms with Crippen LogP contribution in [0.2, 0.25) is 0 Å². The SMILES string of the molecule is O=C(CN1CCC(CN2Cc3ccccc3C2=O)CC1)N1CCCCC1.O=C(O)/C=C/C(=O)O. The van der Waals surface area contributed by atoms with Gasteiger partial charge in [-0.15, -0.1) is 0 Å². The molecule has 0 spiro atoms. The third kappa shape index (κ3) is 7.41. The number of carbonyl (C=O) groups excluding carboxylic acids is 2. The van der Waals surface area contributed by atoms with Gasteiger partial charge in [0.05, 0.1) is 6.54 Å². The number of piperidine rings is 2. The average Bonchev–Trinajstić information content (AvgIpc) is 3.15. The summed E-state index contributed by atoms with van der Waals surface area (Å²) in [6, 6.07) is 7.94. The fraction of sp³-hybridized carbons (Fsp3) is 0.520. The van der Waals surface area contributed by atoms with Crippen LogP contribution in [-0.2, 0) is 20.9 Å². The van der Waals surface area contributed by atoms with Crippen molar-refractivity contribution in [3.8, 4) is 0 Å². The summed E-state index contributed by atoms with van der Waals surface area (Å²) in [6.07, 6.45) is 6.83. The van der Waals surface area contributed by atoms with E-state index in [9.17, 15) is 19.2 Å². The van der Waals surface area contributed by atoms with E-state index in [0.29, 0.717) is 30.5 Å². The van der Waals surface area contributed by atoms with Crippen molar-refractivity contribution in [2.75, 3.05) is 39.3 Å². The largest absolute Gasteiger partial charge is 0.478 e. The first-order chi connectivity index (χ1) is 16.3. The second-order valence-electron chi connectivity index (χ2n) is 9.01. The zero-order chi connectivity index (χ0) is 24.5. The quantitative estimate of drug-likeness (QED) is 0.610. The van der Waals surface area contributed by atoms with Crippen molar-refractivity contribution >= 4 is 23.8 Å². The minimum atomic E-state index is -1.26. The van der Waals surface area contributed by atoms with E-state index in [1.165, 1.54) is 6.42 Å². The van der Waals surface area contributed by atoms with E-state index >= 15 is 0 Å². The Bertz CT molecular complexity index is 901. The first kappa shape index (κ1) is 25.4. The maximum Gasteiger partial charge on any atom is 0.328 e. The lowest BCUT2D eigenvalue weighted by Gasteiger charge is -2.35. The molecule has 34 heavy (non-hydrogen) atoms. The van der Waals surface area contributed by atoms with E-state index < -0.39 is 11.9 Å². The van der Waals surface area contributed by atoms with Crippen LogP contribution < -0.4 is 0 Å². The number of hydrogen-bond acceptors (Lipinski definition) is 5. The van der Waals surface area contributed by atoms with E-state index in [4.69, 9.17) is 10.2 Å². The number of likely N-dealkylation sites (tertiary alicyclic amines) is 2. The lowest BCUT2D eigenvalue weighted by molar-refractivity contribution is -0.134. The highest BCUT2D eigenvalue weighted by atomic mass is 16.4. The van der Waals surface area contributed by atoms with Gasteiger partial charge < -0.3 is 20.0 Å².